The summed E-state index contributed by atoms with van der Waals surface area (Å²) < 4.78 is 5.26. The molecule has 17 heavy (non-hydrogen) atoms. The Morgan fingerprint density at radius 2 is 2.12 bits per heavy atom. The number of anilines is 1. The van der Waals surface area contributed by atoms with Crippen molar-refractivity contribution in [2.75, 3.05) is 32.0 Å². The highest BCUT2D eigenvalue weighted by atomic mass is 16.5. The summed E-state index contributed by atoms with van der Waals surface area (Å²) in [5.74, 6) is -0.966. The fourth-order valence-electron chi connectivity index (χ4n) is 2.01. The van der Waals surface area contributed by atoms with Gasteiger partial charge in [0.2, 0.25) is 0 Å². The third kappa shape index (κ3) is 2.75. The van der Waals surface area contributed by atoms with Crippen LogP contribution in [0.2, 0.25) is 0 Å². The van der Waals surface area contributed by atoms with Crippen molar-refractivity contribution in [2.24, 2.45) is 0 Å². The molecule has 1 fully saturated rings. The lowest BCUT2D eigenvalue weighted by Crippen LogP contribution is -2.36. The molecule has 92 valence electrons. The van der Waals surface area contributed by atoms with Gasteiger partial charge in [0.15, 0.2) is 0 Å². The minimum Gasteiger partial charge on any atom is -0.478 e. The summed E-state index contributed by atoms with van der Waals surface area (Å²) in [5, 5.41) is 9.15. The van der Waals surface area contributed by atoms with E-state index < -0.39 is 5.97 Å². The maximum atomic E-state index is 11.2. The Balaban J connectivity index is 2.19. The number of hydrogen-bond acceptors (Lipinski definition) is 4. The smallest absolute Gasteiger partial charge is 0.338 e. The number of aromatic carboxylic acids is 1. The second-order valence-electron chi connectivity index (χ2n) is 4.08. The van der Waals surface area contributed by atoms with Crippen molar-refractivity contribution >= 4 is 11.7 Å². The third-order valence-corrected chi connectivity index (χ3v) is 2.89. The standard InChI is InChI=1S/C12H16N2O3/c13-10-3-1-2-9(11(10)12(15)16)8-14-4-6-17-7-5-14/h1-3H,4-8,13H2,(H,15,16). The fraction of sp³-hybridized carbons (Fsp3) is 0.417. The topological polar surface area (TPSA) is 75.8 Å². The molecule has 0 aromatic heterocycles. The number of hydrogen-bond donors (Lipinski definition) is 2. The van der Waals surface area contributed by atoms with Crippen molar-refractivity contribution in [2.45, 2.75) is 6.54 Å². The van der Waals surface area contributed by atoms with Crippen LogP contribution >= 0.6 is 0 Å². The highest BCUT2D eigenvalue weighted by Gasteiger charge is 2.17. The van der Waals surface area contributed by atoms with Gasteiger partial charge >= 0.3 is 5.97 Å². The van der Waals surface area contributed by atoms with Gasteiger partial charge in [-0.2, -0.15) is 0 Å². The van der Waals surface area contributed by atoms with Gasteiger partial charge in [0, 0.05) is 25.3 Å². The SMILES string of the molecule is Nc1cccc(CN2CCOCC2)c1C(=O)O. The Morgan fingerprint density at radius 3 is 2.76 bits per heavy atom. The molecule has 0 atom stereocenters. The van der Waals surface area contributed by atoms with E-state index in [1.165, 1.54) is 0 Å². The maximum absolute atomic E-state index is 11.2. The number of ether oxygens (including phenoxy) is 1. The zero-order valence-corrected chi connectivity index (χ0v) is 9.56. The van der Waals surface area contributed by atoms with Crippen molar-refractivity contribution in [1.82, 2.24) is 4.90 Å². The summed E-state index contributed by atoms with van der Waals surface area (Å²) in [6.07, 6.45) is 0. The van der Waals surface area contributed by atoms with Crippen LogP contribution in [-0.4, -0.2) is 42.3 Å². The van der Waals surface area contributed by atoms with Crippen LogP contribution in [0.3, 0.4) is 0 Å². The van der Waals surface area contributed by atoms with E-state index in [9.17, 15) is 4.79 Å². The van der Waals surface area contributed by atoms with Gasteiger partial charge in [-0.3, -0.25) is 4.90 Å². The number of carbonyl (C=O) groups is 1. The van der Waals surface area contributed by atoms with Crippen molar-refractivity contribution in [3.63, 3.8) is 0 Å². The van der Waals surface area contributed by atoms with Crippen LogP contribution in [0.1, 0.15) is 15.9 Å². The molecule has 0 amide bonds. The molecule has 3 N–H and O–H groups in total. The molecule has 1 saturated heterocycles. The summed E-state index contributed by atoms with van der Waals surface area (Å²) in [7, 11) is 0. The van der Waals surface area contributed by atoms with Crippen molar-refractivity contribution in [3.8, 4) is 0 Å². The van der Waals surface area contributed by atoms with E-state index in [1.807, 2.05) is 6.07 Å². The van der Waals surface area contributed by atoms with Gasteiger partial charge in [0.05, 0.1) is 18.8 Å². The average Bonchev–Trinajstić information content (AvgIpc) is 2.30. The molecule has 1 aromatic rings. The first kappa shape index (κ1) is 11.9. The summed E-state index contributed by atoms with van der Waals surface area (Å²) in [6.45, 7) is 3.66. The number of morpholine rings is 1. The molecule has 0 saturated carbocycles. The maximum Gasteiger partial charge on any atom is 0.338 e. The van der Waals surface area contributed by atoms with Crippen LogP contribution in [0.5, 0.6) is 0 Å². The lowest BCUT2D eigenvalue weighted by atomic mass is 10.0. The average molecular weight is 236 g/mol. The number of rotatable bonds is 3. The first-order chi connectivity index (χ1) is 8.18. The number of carboxylic acid groups (broad SMARTS) is 1. The minimum absolute atomic E-state index is 0.221. The summed E-state index contributed by atoms with van der Waals surface area (Å²) >= 11 is 0. The highest BCUT2D eigenvalue weighted by molar-refractivity contribution is 5.95. The van der Waals surface area contributed by atoms with E-state index in [1.54, 1.807) is 12.1 Å². The van der Waals surface area contributed by atoms with Gasteiger partial charge in [-0.15, -0.1) is 0 Å². The minimum atomic E-state index is -0.966. The number of carboxylic acids is 1. The van der Waals surface area contributed by atoms with Crippen LogP contribution in [0.15, 0.2) is 18.2 Å². The molecular weight excluding hydrogens is 220 g/mol. The van der Waals surface area contributed by atoms with Crippen LogP contribution in [0.4, 0.5) is 5.69 Å². The first-order valence-electron chi connectivity index (χ1n) is 5.59. The lowest BCUT2D eigenvalue weighted by Gasteiger charge is -2.27. The largest absolute Gasteiger partial charge is 0.478 e. The molecule has 0 radical (unpaired) electrons. The molecule has 0 aliphatic carbocycles. The van der Waals surface area contributed by atoms with E-state index >= 15 is 0 Å². The van der Waals surface area contributed by atoms with Crippen molar-refractivity contribution in [3.05, 3.63) is 29.3 Å². The van der Waals surface area contributed by atoms with Crippen LogP contribution in [0, 0.1) is 0 Å². The molecule has 2 rings (SSSR count). The lowest BCUT2D eigenvalue weighted by molar-refractivity contribution is 0.0339. The van der Waals surface area contributed by atoms with Gasteiger partial charge in [-0.05, 0) is 11.6 Å². The fourth-order valence-corrected chi connectivity index (χ4v) is 2.01. The number of nitrogens with two attached hydrogens (primary N) is 1. The summed E-state index contributed by atoms with van der Waals surface area (Å²) in [4.78, 5) is 13.3. The predicted octanol–water partition coefficient (Wildman–Crippen LogP) is 0.799. The molecule has 5 nitrogen and oxygen atoms in total. The molecule has 1 aromatic carbocycles. The zero-order valence-electron chi connectivity index (χ0n) is 9.56. The van der Waals surface area contributed by atoms with Gasteiger partial charge < -0.3 is 15.6 Å². The van der Waals surface area contributed by atoms with Gasteiger partial charge in [0.1, 0.15) is 0 Å². The van der Waals surface area contributed by atoms with E-state index in [0.29, 0.717) is 25.4 Å². The Labute approximate surface area is 99.8 Å². The molecule has 0 spiro atoms. The molecule has 0 unspecified atom stereocenters. The van der Waals surface area contributed by atoms with E-state index in [2.05, 4.69) is 4.90 Å². The van der Waals surface area contributed by atoms with Crippen LogP contribution in [-0.2, 0) is 11.3 Å². The normalized spacial score (nSPS) is 16.9. The number of nitrogen functional groups attached to an aromatic ring is 1. The van der Waals surface area contributed by atoms with Crippen LogP contribution < -0.4 is 5.73 Å². The summed E-state index contributed by atoms with van der Waals surface area (Å²) in [6, 6.07) is 5.22. The predicted molar refractivity (Wildman–Crippen MR) is 63.9 cm³/mol. The first-order valence-corrected chi connectivity index (χ1v) is 5.59. The van der Waals surface area contributed by atoms with E-state index in [4.69, 9.17) is 15.6 Å². The van der Waals surface area contributed by atoms with Crippen molar-refractivity contribution in [1.29, 1.82) is 0 Å². The van der Waals surface area contributed by atoms with Gasteiger partial charge in [-0.1, -0.05) is 12.1 Å². The third-order valence-electron chi connectivity index (χ3n) is 2.89. The monoisotopic (exact) mass is 236 g/mol. The van der Waals surface area contributed by atoms with Crippen LogP contribution in [0.25, 0.3) is 0 Å². The Morgan fingerprint density at radius 1 is 1.41 bits per heavy atom. The number of benzene rings is 1. The quantitative estimate of drug-likeness (QED) is 0.759. The molecule has 1 heterocycles. The van der Waals surface area contributed by atoms with Crippen molar-refractivity contribution < 1.29 is 14.6 Å². The molecule has 1 aliphatic rings. The Hall–Kier alpha value is -1.59. The molecule has 5 heteroatoms. The Bertz CT molecular complexity index is 414. The second kappa shape index (κ2) is 5.16. The van der Waals surface area contributed by atoms with E-state index in [-0.39, 0.29) is 5.56 Å². The van der Waals surface area contributed by atoms with Gasteiger partial charge in [0.25, 0.3) is 0 Å². The van der Waals surface area contributed by atoms with E-state index in [0.717, 1.165) is 18.7 Å². The Kier molecular flexibility index (Phi) is 3.61. The molecular formula is C12H16N2O3. The number of nitrogens with zero attached hydrogens (tertiary/aromatic N) is 1. The highest BCUT2D eigenvalue weighted by Crippen LogP contribution is 2.19. The second-order valence-corrected chi connectivity index (χ2v) is 4.08. The van der Waals surface area contributed by atoms with Gasteiger partial charge in [-0.25, -0.2) is 4.79 Å². The zero-order chi connectivity index (χ0) is 12.3. The summed E-state index contributed by atoms with van der Waals surface area (Å²) in [5.41, 5.74) is 7.01. The molecule has 0 bridgehead atoms. The molecule has 1 aliphatic heterocycles.